The summed E-state index contributed by atoms with van der Waals surface area (Å²) >= 11 is 1.73. The fraction of sp³-hybridized carbons (Fsp3) is 0.579. The van der Waals surface area contributed by atoms with Gasteiger partial charge < -0.3 is 14.4 Å². The maximum atomic E-state index is 5.77. The number of nitrogens with zero attached hydrogens (tertiary/aromatic N) is 4. The van der Waals surface area contributed by atoms with Crippen LogP contribution in [0.2, 0.25) is 0 Å². The predicted molar refractivity (Wildman–Crippen MR) is 104 cm³/mol. The average Bonchev–Trinajstić information content (AvgIpc) is 3.36. The van der Waals surface area contributed by atoms with Gasteiger partial charge in [-0.3, -0.25) is 4.57 Å². The first-order valence-corrected chi connectivity index (χ1v) is 10.4. The molecule has 3 heterocycles. The summed E-state index contributed by atoms with van der Waals surface area (Å²) in [7, 11) is 1.71. The summed E-state index contributed by atoms with van der Waals surface area (Å²) in [5.41, 5.74) is 0.996. The Morgan fingerprint density at radius 1 is 1.15 bits per heavy atom. The molecule has 26 heavy (non-hydrogen) atoms. The van der Waals surface area contributed by atoms with Crippen LogP contribution in [0, 0.1) is 0 Å². The van der Waals surface area contributed by atoms with Crippen LogP contribution in [0.25, 0.3) is 5.69 Å². The van der Waals surface area contributed by atoms with Crippen molar-refractivity contribution in [2.24, 2.45) is 0 Å². The van der Waals surface area contributed by atoms with Crippen molar-refractivity contribution in [3.8, 4) is 11.4 Å². The van der Waals surface area contributed by atoms with E-state index in [1.54, 1.807) is 18.9 Å². The second kappa shape index (κ2) is 8.31. The molecule has 2 aliphatic rings. The molecular formula is C19H26N4O2S. The van der Waals surface area contributed by atoms with E-state index in [0.29, 0.717) is 6.10 Å². The largest absolute Gasteiger partial charge is 0.495 e. The van der Waals surface area contributed by atoms with E-state index >= 15 is 0 Å². The third-order valence-corrected chi connectivity index (χ3v) is 6.06. The molecule has 0 radical (unpaired) electrons. The van der Waals surface area contributed by atoms with Crippen LogP contribution < -0.4 is 9.64 Å². The highest BCUT2D eigenvalue weighted by Gasteiger charge is 2.24. The van der Waals surface area contributed by atoms with Crippen LogP contribution in [0.1, 0.15) is 32.1 Å². The van der Waals surface area contributed by atoms with E-state index in [1.807, 2.05) is 18.2 Å². The van der Waals surface area contributed by atoms with E-state index < -0.39 is 0 Å². The number of hydrogen-bond acceptors (Lipinski definition) is 6. The molecule has 2 aliphatic heterocycles. The second-order valence-electron chi connectivity index (χ2n) is 6.78. The number of rotatable bonds is 6. The summed E-state index contributed by atoms with van der Waals surface area (Å²) in [5.74, 6) is 2.67. The zero-order chi connectivity index (χ0) is 17.8. The number of methoxy groups -OCH3 is 1. The quantitative estimate of drug-likeness (QED) is 0.721. The monoisotopic (exact) mass is 374 g/mol. The number of aromatic nitrogens is 3. The fourth-order valence-electron chi connectivity index (χ4n) is 3.62. The Labute approximate surface area is 158 Å². The third kappa shape index (κ3) is 3.69. The molecule has 0 N–H and O–H groups in total. The van der Waals surface area contributed by atoms with Gasteiger partial charge in [-0.2, -0.15) is 0 Å². The topological polar surface area (TPSA) is 52.4 Å². The molecule has 4 rings (SSSR count). The fourth-order valence-corrected chi connectivity index (χ4v) is 4.63. The Morgan fingerprint density at radius 3 is 2.77 bits per heavy atom. The van der Waals surface area contributed by atoms with Crippen LogP contribution in [0.3, 0.4) is 0 Å². The van der Waals surface area contributed by atoms with Crippen LogP contribution in [0.5, 0.6) is 5.75 Å². The molecule has 6 nitrogen and oxygen atoms in total. The van der Waals surface area contributed by atoms with Crippen molar-refractivity contribution in [3.05, 3.63) is 24.3 Å². The molecule has 0 saturated carbocycles. The van der Waals surface area contributed by atoms with E-state index in [4.69, 9.17) is 9.47 Å². The first kappa shape index (κ1) is 17.7. The molecule has 0 amide bonds. The van der Waals surface area contributed by atoms with Gasteiger partial charge in [-0.05, 0) is 44.2 Å². The molecule has 0 bridgehead atoms. The predicted octanol–water partition coefficient (Wildman–Crippen LogP) is 3.54. The Bertz CT molecular complexity index is 724. The lowest BCUT2D eigenvalue weighted by molar-refractivity contribution is 0.129. The highest BCUT2D eigenvalue weighted by Crippen LogP contribution is 2.33. The van der Waals surface area contributed by atoms with Crippen LogP contribution in [-0.2, 0) is 4.74 Å². The van der Waals surface area contributed by atoms with Gasteiger partial charge in [-0.15, -0.1) is 10.2 Å². The lowest BCUT2D eigenvalue weighted by Gasteiger charge is -2.28. The van der Waals surface area contributed by atoms with Crippen molar-refractivity contribution in [2.75, 3.05) is 37.5 Å². The van der Waals surface area contributed by atoms with Crippen LogP contribution in [0.4, 0.5) is 5.95 Å². The van der Waals surface area contributed by atoms with Gasteiger partial charge in [0, 0.05) is 25.4 Å². The SMILES string of the molecule is COc1ccccc1-n1c(SCC2CCCO2)nnc1N1CCCCC1. The summed E-state index contributed by atoms with van der Waals surface area (Å²) in [6.07, 6.45) is 6.31. The van der Waals surface area contributed by atoms with Gasteiger partial charge in [0.15, 0.2) is 5.16 Å². The Balaban J connectivity index is 1.67. The minimum atomic E-state index is 0.321. The maximum Gasteiger partial charge on any atom is 0.232 e. The number of ether oxygens (including phenoxy) is 2. The van der Waals surface area contributed by atoms with Gasteiger partial charge in [0.2, 0.25) is 5.95 Å². The van der Waals surface area contributed by atoms with Gasteiger partial charge in [0.25, 0.3) is 0 Å². The average molecular weight is 375 g/mol. The number of hydrogen-bond donors (Lipinski definition) is 0. The minimum absolute atomic E-state index is 0.321. The summed E-state index contributed by atoms with van der Waals surface area (Å²) in [6, 6.07) is 8.09. The smallest absolute Gasteiger partial charge is 0.232 e. The molecule has 0 aliphatic carbocycles. The van der Waals surface area contributed by atoms with Crippen molar-refractivity contribution in [1.29, 1.82) is 0 Å². The zero-order valence-electron chi connectivity index (χ0n) is 15.3. The van der Waals surface area contributed by atoms with E-state index in [0.717, 1.165) is 60.8 Å². The van der Waals surface area contributed by atoms with Crippen molar-refractivity contribution < 1.29 is 9.47 Å². The maximum absolute atomic E-state index is 5.77. The molecule has 1 aromatic heterocycles. The molecule has 0 spiro atoms. The van der Waals surface area contributed by atoms with Gasteiger partial charge >= 0.3 is 0 Å². The first-order valence-electron chi connectivity index (χ1n) is 9.45. The van der Waals surface area contributed by atoms with Crippen molar-refractivity contribution in [1.82, 2.24) is 14.8 Å². The third-order valence-electron chi connectivity index (χ3n) is 5.00. The summed E-state index contributed by atoms with van der Waals surface area (Å²) in [5, 5.41) is 9.99. The highest BCUT2D eigenvalue weighted by molar-refractivity contribution is 7.99. The molecule has 1 unspecified atom stereocenters. The highest BCUT2D eigenvalue weighted by atomic mass is 32.2. The number of piperidine rings is 1. The molecule has 2 fully saturated rings. The normalized spacial score (nSPS) is 20.5. The lowest BCUT2D eigenvalue weighted by atomic mass is 10.1. The van der Waals surface area contributed by atoms with Crippen molar-refractivity contribution in [2.45, 2.75) is 43.4 Å². The molecule has 2 aromatic rings. The molecule has 140 valence electrons. The zero-order valence-corrected chi connectivity index (χ0v) is 16.1. The lowest BCUT2D eigenvalue weighted by Crippen LogP contribution is -2.31. The van der Waals surface area contributed by atoms with E-state index in [9.17, 15) is 0 Å². The molecule has 1 atom stereocenters. The van der Waals surface area contributed by atoms with Gasteiger partial charge in [-0.25, -0.2) is 0 Å². The summed E-state index contributed by atoms with van der Waals surface area (Å²) in [4.78, 5) is 2.35. The van der Waals surface area contributed by atoms with Crippen LogP contribution >= 0.6 is 11.8 Å². The molecule has 2 saturated heterocycles. The van der Waals surface area contributed by atoms with Gasteiger partial charge in [0.05, 0.1) is 18.9 Å². The van der Waals surface area contributed by atoms with E-state index in [1.165, 1.54) is 19.3 Å². The molecule has 1 aromatic carbocycles. The number of thioether (sulfide) groups is 1. The van der Waals surface area contributed by atoms with Crippen molar-refractivity contribution >= 4 is 17.7 Å². The Morgan fingerprint density at radius 2 is 2.00 bits per heavy atom. The molecule has 7 heteroatoms. The van der Waals surface area contributed by atoms with Crippen LogP contribution in [-0.4, -0.2) is 53.4 Å². The first-order chi connectivity index (χ1) is 12.9. The standard InChI is InChI=1S/C19H26N4O2S/c1-24-17-10-4-3-9-16(17)23-18(22-11-5-2-6-12-22)20-21-19(23)26-14-15-8-7-13-25-15/h3-4,9-10,15H,2,5-8,11-14H2,1H3. The van der Waals surface area contributed by atoms with Gasteiger partial charge in [-0.1, -0.05) is 23.9 Å². The summed E-state index contributed by atoms with van der Waals surface area (Å²) < 4.78 is 13.5. The number of anilines is 1. The Hall–Kier alpha value is -1.73. The number of benzene rings is 1. The number of para-hydroxylation sites is 2. The van der Waals surface area contributed by atoms with Crippen LogP contribution in [0.15, 0.2) is 29.4 Å². The van der Waals surface area contributed by atoms with Crippen molar-refractivity contribution in [3.63, 3.8) is 0 Å². The second-order valence-corrected chi connectivity index (χ2v) is 7.77. The van der Waals surface area contributed by atoms with E-state index in [2.05, 4.69) is 25.7 Å². The van der Waals surface area contributed by atoms with Gasteiger partial charge in [0.1, 0.15) is 5.75 Å². The molecular weight excluding hydrogens is 348 g/mol. The Kier molecular flexibility index (Phi) is 5.65. The minimum Gasteiger partial charge on any atom is -0.495 e. The van der Waals surface area contributed by atoms with E-state index in [-0.39, 0.29) is 0 Å². The summed E-state index contributed by atoms with van der Waals surface area (Å²) in [6.45, 7) is 2.94.